The predicted octanol–water partition coefficient (Wildman–Crippen LogP) is 1.39. The van der Waals surface area contributed by atoms with Gasteiger partial charge >= 0.3 is 0 Å². The van der Waals surface area contributed by atoms with Gasteiger partial charge in [-0.1, -0.05) is 0 Å². The number of nitrogens with two attached hydrogens (primary N) is 1. The zero-order valence-electron chi connectivity index (χ0n) is 8.31. The Labute approximate surface area is 85.8 Å². The van der Waals surface area contributed by atoms with E-state index < -0.39 is 4.92 Å². The lowest BCUT2D eigenvalue weighted by Crippen LogP contribution is -2.02. The minimum Gasteiger partial charge on any atom is -0.496 e. The van der Waals surface area contributed by atoms with Gasteiger partial charge in [0.1, 0.15) is 11.4 Å². The molecule has 0 aliphatic heterocycles. The highest BCUT2D eigenvalue weighted by molar-refractivity contribution is 5.98. The first-order valence-electron chi connectivity index (χ1n) is 4.10. The second-order valence-electron chi connectivity index (χ2n) is 2.92. The average Bonchev–Trinajstić information content (AvgIpc) is 2.16. The zero-order chi connectivity index (χ0) is 11.6. The van der Waals surface area contributed by atoms with Crippen molar-refractivity contribution in [3.05, 3.63) is 27.8 Å². The van der Waals surface area contributed by atoms with Crippen LogP contribution < -0.4 is 10.5 Å². The first kappa shape index (κ1) is 11.0. The molecule has 80 valence electrons. The quantitative estimate of drug-likeness (QED) is 0.352. The summed E-state index contributed by atoms with van der Waals surface area (Å²) in [6.45, 7) is 1.34. The molecule has 0 spiro atoms. The third kappa shape index (κ3) is 2.04. The first-order valence-corrected chi connectivity index (χ1v) is 4.10. The largest absolute Gasteiger partial charge is 0.496 e. The lowest BCUT2D eigenvalue weighted by molar-refractivity contribution is -0.384. The summed E-state index contributed by atoms with van der Waals surface area (Å²) < 4.78 is 4.87. The van der Waals surface area contributed by atoms with Gasteiger partial charge in [0.2, 0.25) is 0 Å². The minimum absolute atomic E-state index is 0.0500. The van der Waals surface area contributed by atoms with E-state index in [1.807, 2.05) is 0 Å². The van der Waals surface area contributed by atoms with Gasteiger partial charge in [0.05, 0.1) is 23.7 Å². The minimum atomic E-state index is -0.623. The molecule has 0 aromatic heterocycles. The number of methoxy groups -OCH3 is 1. The van der Waals surface area contributed by atoms with Crippen molar-refractivity contribution < 1.29 is 14.5 Å². The van der Waals surface area contributed by atoms with Crippen LogP contribution in [0.4, 0.5) is 11.4 Å². The molecule has 0 heterocycles. The topological polar surface area (TPSA) is 95.5 Å². The Hall–Kier alpha value is -2.11. The molecule has 1 rings (SSSR count). The molecule has 1 aromatic carbocycles. The normalized spacial score (nSPS) is 9.73. The number of benzene rings is 1. The smallest absolute Gasteiger partial charge is 0.295 e. The monoisotopic (exact) mass is 210 g/mol. The molecular formula is C9H10N2O4. The number of ether oxygens (including phenoxy) is 1. The zero-order valence-corrected chi connectivity index (χ0v) is 8.31. The fraction of sp³-hybridized carbons (Fsp3) is 0.222. The highest BCUT2D eigenvalue weighted by Gasteiger charge is 2.18. The van der Waals surface area contributed by atoms with E-state index in [0.717, 1.165) is 6.07 Å². The van der Waals surface area contributed by atoms with Crippen molar-refractivity contribution in [2.75, 3.05) is 12.8 Å². The highest BCUT2D eigenvalue weighted by atomic mass is 16.6. The average molecular weight is 210 g/mol. The number of nitrogens with zero attached hydrogens (tertiary/aromatic N) is 1. The van der Waals surface area contributed by atoms with Crippen LogP contribution in [0.2, 0.25) is 0 Å². The summed E-state index contributed by atoms with van der Waals surface area (Å²) in [5.74, 6) is -0.100. The van der Waals surface area contributed by atoms with Gasteiger partial charge in [0.15, 0.2) is 5.78 Å². The van der Waals surface area contributed by atoms with Crippen LogP contribution in [-0.4, -0.2) is 17.8 Å². The van der Waals surface area contributed by atoms with Crippen LogP contribution in [0.5, 0.6) is 5.75 Å². The fourth-order valence-electron chi connectivity index (χ4n) is 1.19. The van der Waals surface area contributed by atoms with Crippen LogP contribution in [0.25, 0.3) is 0 Å². The molecule has 15 heavy (non-hydrogen) atoms. The molecule has 2 N–H and O–H groups in total. The second-order valence-corrected chi connectivity index (χ2v) is 2.92. The van der Waals surface area contributed by atoms with E-state index in [9.17, 15) is 14.9 Å². The van der Waals surface area contributed by atoms with E-state index >= 15 is 0 Å². The number of carbonyl (C=O) groups excluding carboxylic acids is 1. The van der Waals surface area contributed by atoms with Crippen molar-refractivity contribution in [1.29, 1.82) is 0 Å². The van der Waals surface area contributed by atoms with Crippen molar-refractivity contribution in [2.45, 2.75) is 6.92 Å². The summed E-state index contributed by atoms with van der Waals surface area (Å²) >= 11 is 0. The molecule has 0 saturated carbocycles. The van der Waals surface area contributed by atoms with Crippen molar-refractivity contribution >= 4 is 17.2 Å². The first-order chi connectivity index (χ1) is 6.97. The van der Waals surface area contributed by atoms with Crippen LogP contribution in [-0.2, 0) is 0 Å². The summed E-state index contributed by atoms with van der Waals surface area (Å²) in [7, 11) is 1.34. The summed E-state index contributed by atoms with van der Waals surface area (Å²) in [5, 5.41) is 10.6. The molecule has 0 atom stereocenters. The number of nitrogen functional groups attached to an aromatic ring is 1. The predicted molar refractivity (Wildman–Crippen MR) is 54.1 cm³/mol. The number of ketones is 1. The SMILES string of the molecule is COc1cc([N+](=O)[O-])c(N)cc1C(C)=O. The van der Waals surface area contributed by atoms with Gasteiger partial charge in [0.25, 0.3) is 5.69 Å². The van der Waals surface area contributed by atoms with E-state index in [1.165, 1.54) is 20.1 Å². The molecule has 6 heteroatoms. The van der Waals surface area contributed by atoms with E-state index in [1.54, 1.807) is 0 Å². The maximum atomic E-state index is 11.2. The van der Waals surface area contributed by atoms with E-state index in [4.69, 9.17) is 10.5 Å². The van der Waals surface area contributed by atoms with Crippen LogP contribution >= 0.6 is 0 Å². The molecule has 0 saturated heterocycles. The number of carbonyl (C=O) groups is 1. The Bertz CT molecular complexity index is 428. The van der Waals surface area contributed by atoms with Crippen LogP contribution in [0, 0.1) is 10.1 Å². The number of nitro groups is 1. The molecule has 0 aliphatic rings. The summed E-state index contributed by atoms with van der Waals surface area (Å²) in [6, 6.07) is 2.39. The number of hydrogen-bond donors (Lipinski definition) is 1. The Balaban J connectivity index is 3.42. The summed E-state index contributed by atoms with van der Waals surface area (Å²) in [4.78, 5) is 21.1. The van der Waals surface area contributed by atoms with Crippen LogP contribution in [0.1, 0.15) is 17.3 Å². The molecule has 1 aromatic rings. The highest BCUT2D eigenvalue weighted by Crippen LogP contribution is 2.30. The number of nitro benzene ring substituents is 1. The van der Waals surface area contributed by atoms with Gasteiger partial charge in [-0.15, -0.1) is 0 Å². The van der Waals surface area contributed by atoms with E-state index in [0.29, 0.717) is 0 Å². The summed E-state index contributed by atoms with van der Waals surface area (Å²) in [5.41, 5.74) is 5.35. The standard InChI is InChI=1S/C9H10N2O4/c1-5(12)6-3-7(10)8(11(13)14)4-9(6)15-2/h3-4H,10H2,1-2H3. The maximum Gasteiger partial charge on any atom is 0.295 e. The Morgan fingerprint density at radius 1 is 1.53 bits per heavy atom. The van der Waals surface area contributed by atoms with Crippen molar-refractivity contribution in [2.24, 2.45) is 0 Å². The van der Waals surface area contributed by atoms with Gasteiger partial charge in [-0.25, -0.2) is 0 Å². The van der Waals surface area contributed by atoms with Gasteiger partial charge in [-0.05, 0) is 13.0 Å². The Morgan fingerprint density at radius 3 is 2.53 bits per heavy atom. The number of hydrogen-bond acceptors (Lipinski definition) is 5. The second kappa shape index (κ2) is 3.95. The molecular weight excluding hydrogens is 200 g/mol. The van der Waals surface area contributed by atoms with Crippen molar-refractivity contribution in [1.82, 2.24) is 0 Å². The van der Waals surface area contributed by atoms with E-state index in [2.05, 4.69) is 0 Å². The number of anilines is 1. The van der Waals surface area contributed by atoms with E-state index in [-0.39, 0.29) is 28.5 Å². The molecule has 0 bridgehead atoms. The summed E-state index contributed by atoms with van der Waals surface area (Å²) in [6.07, 6.45) is 0. The van der Waals surface area contributed by atoms with Gasteiger partial charge in [-0.3, -0.25) is 14.9 Å². The molecule has 0 aliphatic carbocycles. The Kier molecular flexibility index (Phi) is 2.89. The fourth-order valence-corrected chi connectivity index (χ4v) is 1.19. The van der Waals surface area contributed by atoms with Crippen molar-refractivity contribution in [3.8, 4) is 5.75 Å². The number of rotatable bonds is 3. The molecule has 0 fully saturated rings. The van der Waals surface area contributed by atoms with Crippen LogP contribution in [0.3, 0.4) is 0 Å². The lowest BCUT2D eigenvalue weighted by Gasteiger charge is -2.06. The Morgan fingerprint density at radius 2 is 2.13 bits per heavy atom. The third-order valence-corrected chi connectivity index (χ3v) is 1.92. The van der Waals surface area contributed by atoms with Gasteiger partial charge in [-0.2, -0.15) is 0 Å². The molecule has 6 nitrogen and oxygen atoms in total. The van der Waals surface area contributed by atoms with Crippen molar-refractivity contribution in [3.63, 3.8) is 0 Å². The van der Waals surface area contributed by atoms with Gasteiger partial charge in [0, 0.05) is 0 Å². The maximum absolute atomic E-state index is 11.2. The lowest BCUT2D eigenvalue weighted by atomic mass is 10.1. The molecule has 0 unspecified atom stereocenters. The third-order valence-electron chi connectivity index (χ3n) is 1.92. The number of Topliss-reactive ketones (excluding diaryl/α,β-unsaturated/α-hetero) is 1. The molecule has 0 amide bonds. The molecule has 0 radical (unpaired) electrons. The van der Waals surface area contributed by atoms with Gasteiger partial charge < -0.3 is 10.5 Å². The van der Waals surface area contributed by atoms with Crippen LogP contribution in [0.15, 0.2) is 12.1 Å².